The highest BCUT2D eigenvalue weighted by Gasteiger charge is 2.34. The molecule has 4 aromatic rings. The van der Waals surface area contributed by atoms with Crippen molar-refractivity contribution in [1.82, 2.24) is 9.97 Å². The van der Waals surface area contributed by atoms with Gasteiger partial charge in [0.1, 0.15) is 5.52 Å². The summed E-state index contributed by atoms with van der Waals surface area (Å²) in [7, 11) is 0. The van der Waals surface area contributed by atoms with Crippen molar-refractivity contribution >= 4 is 28.0 Å². The van der Waals surface area contributed by atoms with Gasteiger partial charge in [-0.1, -0.05) is 42.5 Å². The van der Waals surface area contributed by atoms with Crippen LogP contribution in [0.15, 0.2) is 59.0 Å². The lowest BCUT2D eigenvalue weighted by Gasteiger charge is -2.18. The highest BCUT2D eigenvalue weighted by Crippen LogP contribution is 2.38. The second-order valence-corrected chi connectivity index (χ2v) is 6.62. The Hall–Kier alpha value is -3.13. The molecule has 1 atom stereocenters. The zero-order valence-corrected chi connectivity index (χ0v) is 16.7. The van der Waals surface area contributed by atoms with E-state index in [2.05, 4.69) is 4.98 Å². The molecule has 154 valence electrons. The minimum atomic E-state index is -1.59. The van der Waals surface area contributed by atoms with E-state index < -0.39 is 18.2 Å². The van der Waals surface area contributed by atoms with Gasteiger partial charge in [0.05, 0.1) is 16.6 Å². The Labute approximate surface area is 173 Å². The minimum absolute atomic E-state index is 0.0703. The van der Waals surface area contributed by atoms with Crippen LogP contribution in [0.2, 0.25) is 0 Å². The average Bonchev–Trinajstić information content (AvgIpc) is 3.15. The number of ether oxygens (including phenoxy) is 2. The lowest BCUT2D eigenvalue weighted by molar-refractivity contribution is -0.176. The zero-order valence-electron chi connectivity index (χ0n) is 16.7. The van der Waals surface area contributed by atoms with E-state index in [1.54, 1.807) is 13.8 Å². The van der Waals surface area contributed by atoms with E-state index in [-0.39, 0.29) is 24.7 Å². The molecule has 7 heteroatoms. The smallest absolute Gasteiger partial charge is 0.246 e. The van der Waals surface area contributed by atoms with Gasteiger partial charge in [-0.25, -0.2) is 9.97 Å². The molecular formula is C23H22N2O5. The van der Waals surface area contributed by atoms with Gasteiger partial charge in [0.15, 0.2) is 11.9 Å². The number of aliphatic hydroxyl groups is 1. The van der Waals surface area contributed by atoms with Crippen LogP contribution in [0.25, 0.3) is 33.4 Å². The summed E-state index contributed by atoms with van der Waals surface area (Å²) in [5, 5.41) is 10.9. The fourth-order valence-electron chi connectivity index (χ4n) is 3.34. The topological polar surface area (TPSA) is 94.7 Å². The fourth-order valence-corrected chi connectivity index (χ4v) is 3.34. The Morgan fingerprint density at radius 2 is 1.57 bits per heavy atom. The highest BCUT2D eigenvalue weighted by atomic mass is 16.7. The maximum Gasteiger partial charge on any atom is 0.246 e. The average molecular weight is 406 g/mol. The first kappa shape index (κ1) is 20.2. The molecule has 0 saturated carbocycles. The van der Waals surface area contributed by atoms with E-state index in [0.717, 1.165) is 5.56 Å². The molecule has 4 rings (SSSR count). The number of carbonyl (C=O) groups excluding carboxylic acids is 1. The number of rotatable bonds is 8. The third-order valence-electron chi connectivity index (χ3n) is 4.68. The van der Waals surface area contributed by atoms with Crippen molar-refractivity contribution in [1.29, 1.82) is 0 Å². The van der Waals surface area contributed by atoms with Crippen LogP contribution in [0, 0.1) is 0 Å². The number of para-hydroxylation sites is 2. The molecule has 0 spiro atoms. The SMILES string of the molecule is CCOC(OCC)C(=O)C(O)c1oc2nc3ccccc3nc2c1-c1ccccc1. The quantitative estimate of drug-likeness (QED) is 0.441. The number of aromatic nitrogens is 2. The van der Waals surface area contributed by atoms with E-state index >= 15 is 0 Å². The predicted molar refractivity (Wildman–Crippen MR) is 112 cm³/mol. The van der Waals surface area contributed by atoms with Crippen LogP contribution in [0.3, 0.4) is 0 Å². The van der Waals surface area contributed by atoms with Crippen molar-refractivity contribution in [3.05, 3.63) is 60.4 Å². The molecule has 30 heavy (non-hydrogen) atoms. The van der Waals surface area contributed by atoms with Crippen LogP contribution in [-0.2, 0) is 14.3 Å². The summed E-state index contributed by atoms with van der Waals surface area (Å²) < 4.78 is 16.6. The van der Waals surface area contributed by atoms with Crippen molar-refractivity contribution in [2.75, 3.05) is 13.2 Å². The summed E-state index contributed by atoms with van der Waals surface area (Å²) >= 11 is 0. The molecule has 0 radical (unpaired) electrons. The number of benzene rings is 2. The van der Waals surface area contributed by atoms with Crippen LogP contribution < -0.4 is 0 Å². The third kappa shape index (κ3) is 3.70. The van der Waals surface area contributed by atoms with E-state index in [4.69, 9.17) is 18.9 Å². The van der Waals surface area contributed by atoms with Gasteiger partial charge in [-0.2, -0.15) is 0 Å². The Bertz CT molecular complexity index is 1170. The normalized spacial score (nSPS) is 12.7. The summed E-state index contributed by atoms with van der Waals surface area (Å²) in [6, 6.07) is 16.8. The van der Waals surface area contributed by atoms with Crippen LogP contribution in [0.4, 0.5) is 0 Å². The van der Waals surface area contributed by atoms with Gasteiger partial charge in [0, 0.05) is 13.2 Å². The van der Waals surface area contributed by atoms with E-state index in [1.165, 1.54) is 0 Å². The second kappa shape index (κ2) is 8.71. The van der Waals surface area contributed by atoms with Crippen molar-refractivity contribution in [3.63, 3.8) is 0 Å². The molecule has 2 aromatic carbocycles. The van der Waals surface area contributed by atoms with Crippen LogP contribution in [-0.4, -0.2) is 40.4 Å². The molecule has 0 aliphatic rings. The van der Waals surface area contributed by atoms with Crippen molar-refractivity contribution in [2.24, 2.45) is 0 Å². The predicted octanol–water partition coefficient (Wildman–Crippen LogP) is 4.04. The Morgan fingerprint density at radius 3 is 2.20 bits per heavy atom. The van der Waals surface area contributed by atoms with Crippen LogP contribution in [0.1, 0.15) is 25.7 Å². The first-order valence-corrected chi connectivity index (χ1v) is 9.83. The van der Waals surface area contributed by atoms with Crippen molar-refractivity contribution in [3.8, 4) is 11.1 Å². The maximum absolute atomic E-state index is 12.9. The van der Waals surface area contributed by atoms with Crippen molar-refractivity contribution < 1.29 is 23.8 Å². The van der Waals surface area contributed by atoms with Crippen LogP contribution >= 0.6 is 0 Å². The minimum Gasteiger partial charge on any atom is -0.437 e. The molecule has 0 saturated heterocycles. The first-order valence-electron chi connectivity index (χ1n) is 9.83. The van der Waals surface area contributed by atoms with Gasteiger partial charge < -0.3 is 19.0 Å². The molecule has 1 N–H and O–H groups in total. The molecular weight excluding hydrogens is 384 g/mol. The molecule has 0 aliphatic carbocycles. The third-order valence-corrected chi connectivity index (χ3v) is 4.68. The number of fused-ring (bicyclic) bond motifs is 2. The summed E-state index contributed by atoms with van der Waals surface area (Å²) in [5.74, 6) is -0.569. The van der Waals surface area contributed by atoms with Gasteiger partial charge in [0.25, 0.3) is 0 Å². The van der Waals surface area contributed by atoms with Gasteiger partial charge >= 0.3 is 0 Å². The summed E-state index contributed by atoms with van der Waals surface area (Å²) in [5.41, 5.74) is 3.36. The van der Waals surface area contributed by atoms with Gasteiger partial charge in [0.2, 0.25) is 17.8 Å². The zero-order chi connectivity index (χ0) is 21.1. The Morgan fingerprint density at radius 1 is 0.967 bits per heavy atom. The number of furan rings is 1. The maximum atomic E-state index is 12.9. The second-order valence-electron chi connectivity index (χ2n) is 6.62. The number of aliphatic hydroxyl groups excluding tert-OH is 1. The summed E-state index contributed by atoms with van der Waals surface area (Å²) in [4.78, 5) is 22.1. The number of hydrogen-bond acceptors (Lipinski definition) is 7. The standard InChI is InChI=1S/C23H22N2O5/c1-3-28-23(29-4-2)20(27)19(26)21-17(14-10-6-5-7-11-14)18-22(30-21)25-16-13-9-8-12-15(16)24-18/h5-13,19,23,26H,3-4H2,1-2H3. The molecule has 7 nitrogen and oxygen atoms in total. The Kier molecular flexibility index (Phi) is 5.85. The summed E-state index contributed by atoms with van der Waals surface area (Å²) in [6.45, 7) is 4.04. The number of carbonyl (C=O) groups is 1. The van der Waals surface area contributed by atoms with Gasteiger partial charge in [-0.15, -0.1) is 0 Å². The van der Waals surface area contributed by atoms with E-state index in [0.29, 0.717) is 22.1 Å². The lowest BCUT2D eigenvalue weighted by Crippen LogP contribution is -2.32. The molecule has 2 heterocycles. The summed E-state index contributed by atoms with van der Waals surface area (Å²) in [6.07, 6.45) is -2.78. The van der Waals surface area contributed by atoms with Gasteiger partial charge in [-0.3, -0.25) is 4.79 Å². The van der Waals surface area contributed by atoms with Crippen LogP contribution in [0.5, 0.6) is 0 Å². The van der Waals surface area contributed by atoms with Crippen molar-refractivity contribution in [2.45, 2.75) is 26.2 Å². The number of ketones is 1. The Balaban J connectivity index is 1.89. The first-order chi connectivity index (χ1) is 14.6. The number of hydrogen-bond donors (Lipinski definition) is 1. The fraction of sp³-hybridized carbons (Fsp3) is 0.261. The lowest BCUT2D eigenvalue weighted by atomic mass is 10.0. The number of nitrogens with zero attached hydrogens (tertiary/aromatic N) is 2. The molecule has 1 unspecified atom stereocenters. The van der Waals surface area contributed by atoms with E-state index in [9.17, 15) is 9.90 Å². The molecule has 2 aromatic heterocycles. The molecule has 0 aliphatic heterocycles. The molecule has 0 bridgehead atoms. The molecule has 0 amide bonds. The van der Waals surface area contributed by atoms with E-state index in [1.807, 2.05) is 54.6 Å². The van der Waals surface area contributed by atoms with Gasteiger partial charge in [-0.05, 0) is 31.5 Å². The highest BCUT2D eigenvalue weighted by molar-refractivity contribution is 5.98. The molecule has 0 fully saturated rings. The monoisotopic (exact) mass is 406 g/mol. The number of Topliss-reactive ketones (excluding diaryl/α,β-unsaturated/α-hetero) is 1. The largest absolute Gasteiger partial charge is 0.437 e.